The number of nitrogens with one attached hydrogen (secondary N) is 2. The van der Waals surface area contributed by atoms with E-state index in [1.165, 1.54) is 19.3 Å². The first kappa shape index (κ1) is 15.7. The van der Waals surface area contributed by atoms with Crippen molar-refractivity contribution in [1.29, 1.82) is 0 Å². The molecule has 1 saturated carbocycles. The molecule has 1 heterocycles. The molecule has 0 unspecified atom stereocenters. The molecule has 20 heavy (non-hydrogen) atoms. The number of carbonyl (C=O) groups is 1. The Balaban J connectivity index is 1.64. The Hall–Kier alpha value is -0.650. The highest BCUT2D eigenvalue weighted by Gasteiger charge is 2.31. The molecule has 2 aliphatic rings. The zero-order valence-corrected chi connectivity index (χ0v) is 12.3. The standard InChI is InChI=1S/C15H28N2O3/c18-12-15(6-2-1-3-7-15)11-16-10-14(19)17-13-4-8-20-9-5-13/h13,16,18H,1-12H2,(H,17,19). The highest BCUT2D eigenvalue weighted by Crippen LogP contribution is 2.35. The molecule has 5 nitrogen and oxygen atoms in total. The van der Waals surface area contributed by atoms with Gasteiger partial charge in [-0.3, -0.25) is 4.79 Å². The Labute approximate surface area is 121 Å². The molecule has 0 radical (unpaired) electrons. The summed E-state index contributed by atoms with van der Waals surface area (Å²) in [4.78, 5) is 11.9. The molecule has 1 aliphatic carbocycles. The molecular weight excluding hydrogens is 256 g/mol. The normalized spacial score (nSPS) is 23.4. The van der Waals surface area contributed by atoms with Crippen molar-refractivity contribution in [3.8, 4) is 0 Å². The molecule has 0 spiro atoms. The van der Waals surface area contributed by atoms with Gasteiger partial charge >= 0.3 is 0 Å². The van der Waals surface area contributed by atoms with Gasteiger partial charge < -0.3 is 20.5 Å². The van der Waals surface area contributed by atoms with Gasteiger partial charge in [0.15, 0.2) is 0 Å². The summed E-state index contributed by atoms with van der Waals surface area (Å²) in [5, 5.41) is 15.9. The van der Waals surface area contributed by atoms with Crippen molar-refractivity contribution in [1.82, 2.24) is 10.6 Å². The van der Waals surface area contributed by atoms with E-state index in [-0.39, 0.29) is 24.0 Å². The number of hydrogen-bond acceptors (Lipinski definition) is 4. The summed E-state index contributed by atoms with van der Waals surface area (Å²) in [6.07, 6.45) is 7.60. The van der Waals surface area contributed by atoms with Crippen LogP contribution in [0.4, 0.5) is 0 Å². The Morgan fingerprint density at radius 2 is 1.90 bits per heavy atom. The first-order valence-corrected chi connectivity index (χ1v) is 7.93. The smallest absolute Gasteiger partial charge is 0.234 e. The molecule has 1 amide bonds. The van der Waals surface area contributed by atoms with Gasteiger partial charge in [-0.1, -0.05) is 19.3 Å². The van der Waals surface area contributed by atoms with Crippen LogP contribution in [0.25, 0.3) is 0 Å². The van der Waals surface area contributed by atoms with Gasteiger partial charge in [0.05, 0.1) is 6.54 Å². The third-order valence-corrected chi connectivity index (χ3v) is 4.62. The average molecular weight is 284 g/mol. The summed E-state index contributed by atoms with van der Waals surface area (Å²) in [6.45, 7) is 2.80. The van der Waals surface area contributed by atoms with Crippen LogP contribution in [0.15, 0.2) is 0 Å². The molecule has 0 aromatic rings. The van der Waals surface area contributed by atoms with Crippen LogP contribution >= 0.6 is 0 Å². The van der Waals surface area contributed by atoms with Gasteiger partial charge in [-0.05, 0) is 25.7 Å². The van der Waals surface area contributed by atoms with Gasteiger partial charge in [0.25, 0.3) is 0 Å². The van der Waals surface area contributed by atoms with E-state index in [1.54, 1.807) is 0 Å². The fourth-order valence-corrected chi connectivity index (χ4v) is 3.25. The van der Waals surface area contributed by atoms with Gasteiger partial charge in [0.1, 0.15) is 0 Å². The van der Waals surface area contributed by atoms with Crippen LogP contribution in [0.2, 0.25) is 0 Å². The van der Waals surface area contributed by atoms with E-state index in [9.17, 15) is 9.90 Å². The highest BCUT2D eigenvalue weighted by atomic mass is 16.5. The van der Waals surface area contributed by atoms with Crippen LogP contribution in [0.3, 0.4) is 0 Å². The lowest BCUT2D eigenvalue weighted by Gasteiger charge is -2.35. The molecule has 1 saturated heterocycles. The van der Waals surface area contributed by atoms with Crippen LogP contribution in [0.1, 0.15) is 44.9 Å². The fraction of sp³-hybridized carbons (Fsp3) is 0.933. The Morgan fingerprint density at radius 3 is 2.55 bits per heavy atom. The van der Waals surface area contributed by atoms with Crippen LogP contribution in [-0.2, 0) is 9.53 Å². The second-order valence-corrected chi connectivity index (χ2v) is 6.28. The minimum atomic E-state index is -0.00277. The van der Waals surface area contributed by atoms with Crippen molar-refractivity contribution >= 4 is 5.91 Å². The molecule has 0 atom stereocenters. The minimum absolute atomic E-state index is 0.00277. The second kappa shape index (κ2) is 7.96. The molecule has 2 rings (SSSR count). The van der Waals surface area contributed by atoms with Crippen molar-refractivity contribution in [2.45, 2.75) is 51.0 Å². The number of aliphatic hydroxyl groups excluding tert-OH is 1. The quantitative estimate of drug-likeness (QED) is 0.675. The number of hydrogen-bond donors (Lipinski definition) is 3. The lowest BCUT2D eigenvalue weighted by atomic mass is 9.74. The number of aliphatic hydroxyl groups is 1. The van der Waals surface area contributed by atoms with Gasteiger partial charge in [0.2, 0.25) is 5.91 Å². The van der Waals surface area contributed by atoms with Crippen LogP contribution in [0.5, 0.6) is 0 Å². The Bertz CT molecular complexity index is 297. The summed E-state index contributed by atoms with van der Waals surface area (Å²) >= 11 is 0. The molecule has 1 aliphatic heterocycles. The highest BCUT2D eigenvalue weighted by molar-refractivity contribution is 5.78. The molecule has 0 bridgehead atoms. The van der Waals surface area contributed by atoms with E-state index in [2.05, 4.69) is 10.6 Å². The van der Waals surface area contributed by atoms with Crippen molar-refractivity contribution in [3.63, 3.8) is 0 Å². The molecule has 0 aromatic carbocycles. The van der Waals surface area contributed by atoms with E-state index in [4.69, 9.17) is 4.74 Å². The Kier molecular flexibility index (Phi) is 6.26. The van der Waals surface area contributed by atoms with Crippen molar-refractivity contribution in [3.05, 3.63) is 0 Å². The lowest BCUT2D eigenvalue weighted by Crippen LogP contribution is -2.46. The predicted octanol–water partition coefficient (Wildman–Crippen LogP) is 0.814. The molecule has 5 heteroatoms. The Morgan fingerprint density at radius 1 is 1.20 bits per heavy atom. The summed E-state index contributed by atoms with van der Waals surface area (Å²) in [5.74, 6) is 0.0563. The van der Waals surface area contributed by atoms with Gasteiger partial charge in [-0.2, -0.15) is 0 Å². The van der Waals surface area contributed by atoms with E-state index in [0.29, 0.717) is 6.54 Å². The summed E-state index contributed by atoms with van der Waals surface area (Å²) in [7, 11) is 0. The fourth-order valence-electron chi connectivity index (χ4n) is 3.25. The van der Waals surface area contributed by atoms with Crippen LogP contribution in [0, 0.1) is 5.41 Å². The maximum atomic E-state index is 11.9. The van der Waals surface area contributed by atoms with Crippen LogP contribution in [-0.4, -0.2) is 50.0 Å². The summed E-state index contributed by atoms with van der Waals surface area (Å²) < 4.78 is 5.27. The predicted molar refractivity (Wildman–Crippen MR) is 77.5 cm³/mol. The average Bonchev–Trinajstić information content (AvgIpc) is 2.49. The van der Waals surface area contributed by atoms with E-state index in [1.807, 2.05) is 0 Å². The third kappa shape index (κ3) is 4.72. The lowest BCUT2D eigenvalue weighted by molar-refractivity contribution is -0.121. The number of ether oxygens (including phenoxy) is 1. The number of carbonyl (C=O) groups excluding carboxylic acids is 1. The number of amides is 1. The maximum Gasteiger partial charge on any atom is 0.234 e. The zero-order chi connectivity index (χ0) is 14.3. The van der Waals surface area contributed by atoms with Crippen molar-refractivity contribution in [2.24, 2.45) is 5.41 Å². The molecule has 116 valence electrons. The first-order valence-electron chi connectivity index (χ1n) is 7.93. The first-order chi connectivity index (χ1) is 9.74. The van der Waals surface area contributed by atoms with Gasteiger partial charge in [0, 0.05) is 37.8 Å². The SMILES string of the molecule is O=C(CNCC1(CO)CCCCC1)NC1CCOCC1. The van der Waals surface area contributed by atoms with E-state index < -0.39 is 0 Å². The zero-order valence-electron chi connectivity index (χ0n) is 12.3. The van der Waals surface area contributed by atoms with E-state index >= 15 is 0 Å². The van der Waals surface area contributed by atoms with E-state index in [0.717, 1.165) is 45.4 Å². The maximum absolute atomic E-state index is 11.9. The summed E-state index contributed by atoms with van der Waals surface area (Å²) in [6, 6.07) is 0.263. The molecule has 0 aromatic heterocycles. The molecule has 3 N–H and O–H groups in total. The topological polar surface area (TPSA) is 70.6 Å². The molecular formula is C15H28N2O3. The minimum Gasteiger partial charge on any atom is -0.396 e. The number of rotatable bonds is 6. The third-order valence-electron chi connectivity index (χ3n) is 4.62. The summed E-state index contributed by atoms with van der Waals surface area (Å²) in [5.41, 5.74) is -0.00277. The van der Waals surface area contributed by atoms with Gasteiger partial charge in [-0.25, -0.2) is 0 Å². The largest absolute Gasteiger partial charge is 0.396 e. The van der Waals surface area contributed by atoms with Gasteiger partial charge in [-0.15, -0.1) is 0 Å². The van der Waals surface area contributed by atoms with Crippen molar-refractivity contribution in [2.75, 3.05) is 32.9 Å². The molecule has 2 fully saturated rings. The van der Waals surface area contributed by atoms with Crippen LogP contribution < -0.4 is 10.6 Å². The van der Waals surface area contributed by atoms with Crippen molar-refractivity contribution < 1.29 is 14.6 Å². The second-order valence-electron chi connectivity index (χ2n) is 6.28. The monoisotopic (exact) mass is 284 g/mol.